The van der Waals surface area contributed by atoms with Crippen molar-refractivity contribution in [1.29, 1.82) is 0 Å². The summed E-state index contributed by atoms with van der Waals surface area (Å²) in [5.74, 6) is -1.90. The van der Waals surface area contributed by atoms with Crippen LogP contribution in [0.2, 0.25) is 0 Å². The first kappa shape index (κ1) is 25.7. The van der Waals surface area contributed by atoms with Crippen LogP contribution in [0.5, 0.6) is 5.75 Å². The first-order valence-electron chi connectivity index (χ1n) is 11.0. The third-order valence-electron chi connectivity index (χ3n) is 4.89. The fraction of sp³-hybridized carbons (Fsp3) is 0.111. The topological polar surface area (TPSA) is 120 Å². The lowest BCUT2D eigenvalue weighted by Gasteiger charge is -2.13. The Bertz CT molecular complexity index is 1270. The Balaban J connectivity index is 1.80. The highest BCUT2D eigenvalue weighted by molar-refractivity contribution is 6.05. The van der Waals surface area contributed by atoms with E-state index in [0.717, 1.165) is 5.69 Å². The quantitative estimate of drug-likeness (QED) is 0.230. The van der Waals surface area contributed by atoms with Gasteiger partial charge < -0.3 is 20.1 Å². The van der Waals surface area contributed by atoms with Crippen LogP contribution >= 0.6 is 0 Å². The molecule has 9 heteroatoms. The van der Waals surface area contributed by atoms with Crippen molar-refractivity contribution in [3.63, 3.8) is 0 Å². The van der Waals surface area contributed by atoms with Gasteiger partial charge in [-0.15, -0.1) is 0 Å². The Morgan fingerprint density at radius 2 is 1.61 bits per heavy atom. The van der Waals surface area contributed by atoms with Crippen LogP contribution in [0, 0.1) is 0 Å². The van der Waals surface area contributed by atoms with Gasteiger partial charge in [0.15, 0.2) is 6.61 Å². The number of benzene rings is 3. The van der Waals surface area contributed by atoms with Crippen LogP contribution in [0.3, 0.4) is 0 Å². The Labute approximate surface area is 208 Å². The molecule has 0 saturated heterocycles. The van der Waals surface area contributed by atoms with Gasteiger partial charge >= 0.3 is 5.97 Å². The van der Waals surface area contributed by atoms with Gasteiger partial charge in [0, 0.05) is 30.9 Å². The first-order valence-corrected chi connectivity index (χ1v) is 11.0. The molecule has 36 heavy (non-hydrogen) atoms. The number of nitrogens with one attached hydrogen (secondary N) is 2. The minimum atomic E-state index is -1.11. The van der Waals surface area contributed by atoms with Gasteiger partial charge in [-0.05, 0) is 48.0 Å². The van der Waals surface area contributed by atoms with E-state index in [-0.39, 0.29) is 5.70 Å². The summed E-state index contributed by atoms with van der Waals surface area (Å²) in [5.41, 5.74) is 4.95. The molecule has 9 nitrogen and oxygen atoms in total. The lowest BCUT2D eigenvalue weighted by molar-refractivity contribution is -0.139. The van der Waals surface area contributed by atoms with Crippen molar-refractivity contribution < 1.29 is 24.2 Å². The molecule has 0 saturated carbocycles. The highest BCUT2D eigenvalue weighted by atomic mass is 16.5. The highest BCUT2D eigenvalue weighted by Gasteiger charge is 2.14. The molecule has 0 radical (unpaired) electrons. The summed E-state index contributed by atoms with van der Waals surface area (Å²) >= 11 is 0. The summed E-state index contributed by atoms with van der Waals surface area (Å²) in [6.45, 7) is -0.512. The third kappa shape index (κ3) is 7.56. The summed E-state index contributed by atoms with van der Waals surface area (Å²) in [6, 6.07) is 22.6. The number of rotatable bonds is 10. The molecule has 184 valence electrons. The van der Waals surface area contributed by atoms with Crippen molar-refractivity contribution in [2.75, 3.05) is 25.6 Å². The maximum absolute atomic E-state index is 13.0. The van der Waals surface area contributed by atoms with Crippen LogP contribution in [-0.2, 0) is 9.59 Å². The van der Waals surface area contributed by atoms with E-state index in [1.165, 1.54) is 6.21 Å². The summed E-state index contributed by atoms with van der Waals surface area (Å²) in [5, 5.41) is 15.4. The number of amides is 2. The van der Waals surface area contributed by atoms with Gasteiger partial charge in [0.1, 0.15) is 11.4 Å². The van der Waals surface area contributed by atoms with E-state index in [2.05, 4.69) is 15.8 Å². The molecule has 0 aliphatic carbocycles. The molecular weight excluding hydrogens is 460 g/mol. The lowest BCUT2D eigenvalue weighted by Crippen LogP contribution is -2.32. The van der Waals surface area contributed by atoms with Crippen LogP contribution in [0.4, 0.5) is 5.69 Å². The lowest BCUT2D eigenvalue weighted by atomic mass is 10.1. The number of hydrogen-bond donors (Lipinski definition) is 3. The first-order chi connectivity index (χ1) is 17.3. The molecule has 0 fully saturated rings. The van der Waals surface area contributed by atoms with Crippen LogP contribution in [0.25, 0.3) is 6.08 Å². The van der Waals surface area contributed by atoms with Gasteiger partial charge in [-0.2, -0.15) is 5.10 Å². The molecule has 0 aliphatic heterocycles. The number of carbonyl (C=O) groups is 3. The maximum atomic E-state index is 13.0. The third-order valence-corrected chi connectivity index (χ3v) is 4.89. The largest absolute Gasteiger partial charge is 0.481 e. The molecule has 0 unspecified atom stereocenters. The van der Waals surface area contributed by atoms with E-state index in [9.17, 15) is 14.4 Å². The standard InChI is InChI=1S/C27H26N4O5/c1-31(2)22-14-12-19(13-15-22)16-23(29-26(34)20-8-4-3-5-9-20)27(35)30-28-17-21-10-6-7-11-24(21)36-18-25(32)33/h3-17H,18H2,1-2H3,(H,29,34)(H,30,35)(H,32,33)/b23-16+,28-17-. The molecule has 3 N–H and O–H groups in total. The van der Waals surface area contributed by atoms with Crippen LogP contribution in [0.1, 0.15) is 21.5 Å². The summed E-state index contributed by atoms with van der Waals surface area (Å²) in [6.07, 6.45) is 2.88. The van der Waals surface area contributed by atoms with Crippen molar-refractivity contribution >= 4 is 35.8 Å². The van der Waals surface area contributed by atoms with Gasteiger partial charge in [-0.25, -0.2) is 10.2 Å². The highest BCUT2D eigenvalue weighted by Crippen LogP contribution is 2.16. The Kier molecular flexibility index (Phi) is 8.94. The smallest absolute Gasteiger partial charge is 0.341 e. The molecular formula is C27H26N4O5. The monoisotopic (exact) mass is 486 g/mol. The normalized spacial score (nSPS) is 11.1. The number of ether oxygens (including phenoxy) is 1. The molecule has 3 rings (SSSR count). The maximum Gasteiger partial charge on any atom is 0.341 e. The Morgan fingerprint density at radius 1 is 0.944 bits per heavy atom. The average molecular weight is 487 g/mol. The van der Waals surface area contributed by atoms with E-state index < -0.39 is 24.4 Å². The number of hydrazone groups is 1. The number of aliphatic carboxylic acids is 1. The average Bonchev–Trinajstić information content (AvgIpc) is 2.88. The molecule has 3 aromatic rings. The number of carbonyl (C=O) groups excluding carboxylic acids is 2. The van der Waals surface area contributed by atoms with Crippen LogP contribution in [-0.4, -0.2) is 49.8 Å². The molecule has 0 aromatic heterocycles. The second-order valence-corrected chi connectivity index (χ2v) is 7.78. The molecule has 0 atom stereocenters. The summed E-state index contributed by atoms with van der Waals surface area (Å²) in [7, 11) is 3.85. The Hall–Kier alpha value is -4.92. The fourth-order valence-electron chi connectivity index (χ4n) is 3.06. The molecule has 0 aliphatic rings. The number of hydrogen-bond acceptors (Lipinski definition) is 6. The van der Waals surface area contributed by atoms with Crippen LogP contribution < -0.4 is 20.4 Å². The van der Waals surface area contributed by atoms with E-state index >= 15 is 0 Å². The molecule has 0 bridgehead atoms. The van der Waals surface area contributed by atoms with Crippen LogP contribution in [0.15, 0.2) is 89.7 Å². The van der Waals surface area contributed by atoms with Gasteiger partial charge in [-0.3, -0.25) is 9.59 Å². The Morgan fingerprint density at radius 3 is 2.28 bits per heavy atom. The van der Waals surface area contributed by atoms with Crippen molar-refractivity contribution in [3.05, 3.63) is 101 Å². The summed E-state index contributed by atoms with van der Waals surface area (Å²) < 4.78 is 5.24. The van der Waals surface area contributed by atoms with E-state index in [0.29, 0.717) is 22.4 Å². The van der Waals surface area contributed by atoms with Gasteiger partial charge in [0.25, 0.3) is 11.8 Å². The van der Waals surface area contributed by atoms with Crippen molar-refractivity contribution in [3.8, 4) is 5.75 Å². The fourth-order valence-corrected chi connectivity index (χ4v) is 3.06. The number of para-hydroxylation sites is 1. The molecule has 2 amide bonds. The number of nitrogens with zero attached hydrogens (tertiary/aromatic N) is 2. The minimum absolute atomic E-state index is 0.00554. The number of anilines is 1. The molecule has 0 spiro atoms. The zero-order chi connectivity index (χ0) is 25.9. The second kappa shape index (κ2) is 12.5. The predicted molar refractivity (Wildman–Crippen MR) is 138 cm³/mol. The van der Waals surface area contributed by atoms with E-state index in [1.807, 2.05) is 43.3 Å². The van der Waals surface area contributed by atoms with E-state index in [4.69, 9.17) is 9.84 Å². The van der Waals surface area contributed by atoms with Crippen molar-refractivity contribution in [2.24, 2.45) is 5.10 Å². The number of carboxylic acid groups (broad SMARTS) is 1. The summed E-state index contributed by atoms with van der Waals surface area (Å²) in [4.78, 5) is 38.4. The van der Waals surface area contributed by atoms with E-state index in [1.54, 1.807) is 60.7 Å². The van der Waals surface area contributed by atoms with Gasteiger partial charge in [0.2, 0.25) is 0 Å². The SMILES string of the molecule is CN(C)c1ccc(/C=C(/NC(=O)c2ccccc2)C(=O)N/N=C\c2ccccc2OCC(=O)O)cc1. The van der Waals surface area contributed by atoms with Crippen molar-refractivity contribution in [1.82, 2.24) is 10.7 Å². The zero-order valence-electron chi connectivity index (χ0n) is 19.8. The number of carboxylic acids is 1. The molecule has 3 aromatic carbocycles. The zero-order valence-corrected chi connectivity index (χ0v) is 19.8. The second-order valence-electron chi connectivity index (χ2n) is 7.78. The minimum Gasteiger partial charge on any atom is -0.481 e. The molecule has 0 heterocycles. The predicted octanol–water partition coefficient (Wildman–Crippen LogP) is 3.14. The van der Waals surface area contributed by atoms with Gasteiger partial charge in [-0.1, -0.05) is 42.5 Å². The van der Waals surface area contributed by atoms with Crippen molar-refractivity contribution in [2.45, 2.75) is 0 Å². The van der Waals surface area contributed by atoms with Gasteiger partial charge in [0.05, 0.1) is 6.21 Å².